The molecule has 2 aliphatic rings. The van der Waals surface area contributed by atoms with Crippen LogP contribution in [0.2, 0.25) is 0 Å². The highest BCUT2D eigenvalue weighted by molar-refractivity contribution is 7.91. The first kappa shape index (κ1) is 14.7. The van der Waals surface area contributed by atoms with Gasteiger partial charge in [0.2, 0.25) is 5.91 Å². The van der Waals surface area contributed by atoms with Crippen molar-refractivity contribution in [1.29, 1.82) is 0 Å². The number of amides is 2. The van der Waals surface area contributed by atoms with E-state index in [4.69, 9.17) is 0 Å². The molecule has 0 radical (unpaired) electrons. The number of rotatable bonds is 3. The van der Waals surface area contributed by atoms with Gasteiger partial charge in [0.15, 0.2) is 9.84 Å². The molecule has 9 nitrogen and oxygen atoms in total. The topological polar surface area (TPSA) is 125 Å². The maximum absolute atomic E-state index is 12.1. The summed E-state index contributed by atoms with van der Waals surface area (Å²) in [5, 5.41) is 14.1. The number of aromatic amines is 1. The second-order valence-corrected chi connectivity index (χ2v) is 7.50. The number of sulfone groups is 1. The molecule has 0 unspecified atom stereocenters. The number of hydrogen-bond donors (Lipinski definition) is 2. The Labute approximate surface area is 126 Å². The molecule has 0 saturated carbocycles. The van der Waals surface area contributed by atoms with Crippen molar-refractivity contribution in [2.75, 3.05) is 16.8 Å². The molecule has 2 N–H and O–H groups in total. The third-order valence-electron chi connectivity index (χ3n) is 3.62. The summed E-state index contributed by atoms with van der Waals surface area (Å²) >= 11 is 0. The summed E-state index contributed by atoms with van der Waals surface area (Å²) in [5.74, 6) is -0.299. The second-order valence-electron chi connectivity index (χ2n) is 5.27. The minimum atomic E-state index is -3.12. The fourth-order valence-electron chi connectivity index (χ4n) is 2.51. The highest BCUT2D eigenvalue weighted by atomic mass is 32.2. The van der Waals surface area contributed by atoms with E-state index in [-0.39, 0.29) is 36.0 Å². The normalized spacial score (nSPS) is 24.2. The van der Waals surface area contributed by atoms with E-state index in [2.05, 4.69) is 20.6 Å². The lowest BCUT2D eigenvalue weighted by molar-refractivity contribution is -0.133. The van der Waals surface area contributed by atoms with E-state index in [1.54, 1.807) is 6.07 Å². The molecule has 1 aromatic rings. The van der Waals surface area contributed by atoms with Crippen LogP contribution in [0, 0.1) is 0 Å². The molecule has 1 atom stereocenters. The second kappa shape index (κ2) is 5.52. The number of carbonyl (C=O) groups is 2. The highest BCUT2D eigenvalue weighted by Gasteiger charge is 2.37. The van der Waals surface area contributed by atoms with Gasteiger partial charge in [-0.1, -0.05) is 0 Å². The molecule has 3 heterocycles. The zero-order valence-corrected chi connectivity index (χ0v) is 12.5. The van der Waals surface area contributed by atoms with E-state index in [0.717, 1.165) is 5.01 Å². The first-order valence-corrected chi connectivity index (χ1v) is 8.67. The zero-order valence-electron chi connectivity index (χ0n) is 11.7. The Hall–Kier alpha value is -2.23. The van der Waals surface area contributed by atoms with Crippen LogP contribution in [-0.4, -0.2) is 58.7 Å². The molecule has 1 fully saturated rings. The zero-order chi connectivity index (χ0) is 15.7. The number of carbonyl (C=O) groups excluding carboxylic acids is 2. The van der Waals surface area contributed by atoms with Crippen LogP contribution in [0.15, 0.2) is 17.4 Å². The Morgan fingerprint density at radius 3 is 2.86 bits per heavy atom. The number of nitrogens with zero attached hydrogens (tertiary/aromatic N) is 3. The average Bonchev–Trinajstić information content (AvgIpc) is 3.08. The van der Waals surface area contributed by atoms with Gasteiger partial charge >= 0.3 is 0 Å². The Morgan fingerprint density at radius 1 is 1.41 bits per heavy atom. The molecule has 1 saturated heterocycles. The summed E-state index contributed by atoms with van der Waals surface area (Å²) in [6.07, 6.45) is 2.23. The van der Waals surface area contributed by atoms with Gasteiger partial charge in [-0.2, -0.15) is 10.2 Å². The van der Waals surface area contributed by atoms with Crippen LogP contribution in [-0.2, 0) is 19.4 Å². The van der Waals surface area contributed by atoms with Crippen molar-refractivity contribution in [3.05, 3.63) is 12.3 Å². The molecule has 0 spiro atoms. The van der Waals surface area contributed by atoms with Crippen molar-refractivity contribution in [1.82, 2.24) is 15.2 Å². The molecule has 10 heteroatoms. The van der Waals surface area contributed by atoms with Gasteiger partial charge in [-0.3, -0.25) is 14.7 Å². The van der Waals surface area contributed by atoms with Crippen LogP contribution >= 0.6 is 0 Å². The van der Waals surface area contributed by atoms with Gasteiger partial charge in [0, 0.05) is 18.9 Å². The minimum absolute atomic E-state index is 0.0483. The van der Waals surface area contributed by atoms with E-state index < -0.39 is 21.8 Å². The first-order chi connectivity index (χ1) is 10.4. The van der Waals surface area contributed by atoms with Gasteiger partial charge in [0.25, 0.3) is 5.91 Å². The van der Waals surface area contributed by atoms with E-state index in [9.17, 15) is 18.0 Å². The number of hydrazone groups is 1. The fraction of sp³-hybridized carbons (Fsp3) is 0.500. The molecule has 118 valence electrons. The molecule has 0 bridgehead atoms. The maximum Gasteiger partial charge on any atom is 0.273 e. The quantitative estimate of drug-likeness (QED) is 0.776. The van der Waals surface area contributed by atoms with Crippen LogP contribution in [0.25, 0.3) is 0 Å². The van der Waals surface area contributed by atoms with Gasteiger partial charge < -0.3 is 5.32 Å². The number of aromatic nitrogens is 2. The molecule has 3 rings (SSSR count). The molecule has 22 heavy (non-hydrogen) atoms. The summed E-state index contributed by atoms with van der Waals surface area (Å²) in [4.78, 5) is 24.1. The Kier molecular flexibility index (Phi) is 3.69. The highest BCUT2D eigenvalue weighted by Crippen LogP contribution is 2.22. The predicted molar refractivity (Wildman–Crippen MR) is 77.8 cm³/mol. The lowest BCUT2D eigenvalue weighted by atomic mass is 10.1. The summed E-state index contributed by atoms with van der Waals surface area (Å²) in [6, 6.07) is 1.11. The van der Waals surface area contributed by atoms with Crippen LogP contribution in [0.1, 0.15) is 19.3 Å². The standard InChI is InChI=1S/C12H15N5O4S/c18-11-2-1-9(12(19)14-10-3-5-13-15-10)16-17(11)8-4-6-22(20,21)7-8/h3,5,8H,1-2,4,6-7H2,(H2,13,14,15,19)/t8-/m1/s1. The Balaban J connectivity index is 1.76. The van der Waals surface area contributed by atoms with Crippen LogP contribution in [0.3, 0.4) is 0 Å². The van der Waals surface area contributed by atoms with E-state index >= 15 is 0 Å². The number of H-pyrrole nitrogens is 1. The minimum Gasteiger partial charge on any atom is -0.306 e. The van der Waals surface area contributed by atoms with Crippen molar-refractivity contribution in [2.24, 2.45) is 5.10 Å². The summed E-state index contributed by atoms with van der Waals surface area (Å²) in [7, 11) is -3.12. The molecule has 0 aliphatic carbocycles. The largest absolute Gasteiger partial charge is 0.306 e. The van der Waals surface area contributed by atoms with Crippen molar-refractivity contribution in [3.63, 3.8) is 0 Å². The van der Waals surface area contributed by atoms with Gasteiger partial charge in [-0.15, -0.1) is 0 Å². The number of nitrogens with one attached hydrogen (secondary N) is 2. The Morgan fingerprint density at radius 2 is 2.23 bits per heavy atom. The van der Waals surface area contributed by atoms with E-state index in [1.807, 2.05) is 0 Å². The third-order valence-corrected chi connectivity index (χ3v) is 5.38. The molecular weight excluding hydrogens is 310 g/mol. The molecule has 1 aromatic heterocycles. The van der Waals surface area contributed by atoms with Gasteiger partial charge in [-0.25, -0.2) is 13.4 Å². The van der Waals surface area contributed by atoms with Crippen LogP contribution in [0.4, 0.5) is 5.82 Å². The van der Waals surface area contributed by atoms with Crippen LogP contribution in [0.5, 0.6) is 0 Å². The summed E-state index contributed by atoms with van der Waals surface area (Å²) < 4.78 is 23.1. The third kappa shape index (κ3) is 3.01. The average molecular weight is 325 g/mol. The van der Waals surface area contributed by atoms with Gasteiger partial charge in [0.05, 0.1) is 23.7 Å². The van der Waals surface area contributed by atoms with E-state index in [0.29, 0.717) is 12.2 Å². The maximum atomic E-state index is 12.1. The lowest BCUT2D eigenvalue weighted by Crippen LogP contribution is -2.42. The monoisotopic (exact) mass is 325 g/mol. The van der Waals surface area contributed by atoms with Crippen molar-refractivity contribution >= 4 is 33.2 Å². The fourth-order valence-corrected chi connectivity index (χ4v) is 4.20. The predicted octanol–water partition coefficient (Wildman–Crippen LogP) is -0.486. The molecule has 2 aliphatic heterocycles. The number of anilines is 1. The van der Waals surface area contributed by atoms with Gasteiger partial charge in [-0.05, 0) is 6.42 Å². The van der Waals surface area contributed by atoms with Crippen molar-refractivity contribution < 1.29 is 18.0 Å². The lowest BCUT2D eigenvalue weighted by Gasteiger charge is -2.27. The first-order valence-electron chi connectivity index (χ1n) is 6.85. The van der Waals surface area contributed by atoms with Gasteiger partial charge in [0.1, 0.15) is 11.5 Å². The van der Waals surface area contributed by atoms with E-state index in [1.165, 1.54) is 6.20 Å². The molecular formula is C12H15N5O4S. The molecule has 2 amide bonds. The SMILES string of the molecule is O=C(Nc1ccn[nH]1)C1=NN([C@@H]2CCS(=O)(=O)C2)C(=O)CC1. The van der Waals surface area contributed by atoms with Crippen LogP contribution < -0.4 is 5.32 Å². The smallest absolute Gasteiger partial charge is 0.273 e. The van der Waals surface area contributed by atoms with Crippen molar-refractivity contribution in [3.8, 4) is 0 Å². The summed E-state index contributed by atoms with van der Waals surface area (Å²) in [6.45, 7) is 0. The number of hydrogen-bond acceptors (Lipinski definition) is 6. The molecule has 0 aromatic carbocycles. The summed E-state index contributed by atoms with van der Waals surface area (Å²) in [5.41, 5.74) is 0.207. The van der Waals surface area contributed by atoms with Crippen molar-refractivity contribution in [2.45, 2.75) is 25.3 Å². The Bertz CT molecular complexity index is 725.